The highest BCUT2D eigenvalue weighted by atomic mass is 35.5. The molecule has 6 nitrogen and oxygen atoms in total. The van der Waals surface area contributed by atoms with Crippen LogP contribution in [-0.2, 0) is 6.54 Å². The Hall–Kier alpha value is -1.40. The summed E-state index contributed by atoms with van der Waals surface area (Å²) in [7, 11) is 0. The first-order valence-electron chi connectivity index (χ1n) is 7.33. The van der Waals surface area contributed by atoms with Gasteiger partial charge in [-0.15, -0.1) is 0 Å². The topological polar surface area (TPSA) is 69.6 Å². The molecule has 0 unspecified atom stereocenters. The number of likely N-dealkylation sites (tertiary alicyclic amines) is 1. The van der Waals surface area contributed by atoms with Gasteiger partial charge in [0, 0.05) is 31.7 Å². The van der Waals surface area contributed by atoms with E-state index >= 15 is 0 Å². The molecule has 2 fully saturated rings. The summed E-state index contributed by atoms with van der Waals surface area (Å²) in [5, 5.41) is 9.44. The van der Waals surface area contributed by atoms with E-state index in [0.29, 0.717) is 30.3 Å². The summed E-state index contributed by atoms with van der Waals surface area (Å²) in [5.74, 6) is 0. The van der Waals surface area contributed by atoms with Crippen LogP contribution in [0.4, 0.5) is 4.79 Å². The van der Waals surface area contributed by atoms with E-state index in [4.69, 9.17) is 16.7 Å². The van der Waals surface area contributed by atoms with Crippen molar-refractivity contribution in [3.05, 3.63) is 23.2 Å². The molecule has 1 saturated carbocycles. The quantitative estimate of drug-likeness (QED) is 0.923. The minimum absolute atomic E-state index is 0.409. The molecule has 7 heteroatoms. The highest BCUT2D eigenvalue weighted by Crippen LogP contribution is 2.33. The van der Waals surface area contributed by atoms with Gasteiger partial charge < -0.3 is 10.0 Å². The number of aromatic nitrogens is 2. The van der Waals surface area contributed by atoms with E-state index in [0.717, 1.165) is 25.1 Å². The molecule has 0 radical (unpaired) electrons. The van der Waals surface area contributed by atoms with E-state index in [1.165, 1.54) is 17.7 Å². The van der Waals surface area contributed by atoms with E-state index < -0.39 is 6.09 Å². The van der Waals surface area contributed by atoms with E-state index in [1.54, 1.807) is 12.4 Å². The molecule has 1 amide bonds. The van der Waals surface area contributed by atoms with Crippen molar-refractivity contribution in [1.82, 2.24) is 19.8 Å². The van der Waals surface area contributed by atoms with Crippen molar-refractivity contribution >= 4 is 17.7 Å². The van der Waals surface area contributed by atoms with Gasteiger partial charge in [0.25, 0.3) is 0 Å². The van der Waals surface area contributed by atoms with Crippen molar-refractivity contribution < 1.29 is 9.90 Å². The third kappa shape index (κ3) is 3.63. The lowest BCUT2D eigenvalue weighted by molar-refractivity contribution is 0.0863. The van der Waals surface area contributed by atoms with Crippen molar-refractivity contribution in [2.24, 2.45) is 0 Å². The van der Waals surface area contributed by atoms with Gasteiger partial charge in [-0.2, -0.15) is 0 Å². The van der Waals surface area contributed by atoms with Crippen LogP contribution in [0.3, 0.4) is 0 Å². The van der Waals surface area contributed by atoms with Crippen molar-refractivity contribution in [2.75, 3.05) is 13.1 Å². The van der Waals surface area contributed by atoms with Crippen LogP contribution in [0.5, 0.6) is 0 Å². The number of amides is 1. The van der Waals surface area contributed by atoms with Gasteiger partial charge in [-0.05, 0) is 25.7 Å². The fourth-order valence-corrected chi connectivity index (χ4v) is 3.06. The Bertz CT molecular complexity index is 498. The van der Waals surface area contributed by atoms with Crippen LogP contribution in [-0.4, -0.2) is 56.1 Å². The van der Waals surface area contributed by atoms with E-state index in [9.17, 15) is 4.79 Å². The molecule has 1 aromatic rings. The van der Waals surface area contributed by atoms with Gasteiger partial charge in [0.15, 0.2) is 0 Å². The van der Waals surface area contributed by atoms with E-state index in [2.05, 4.69) is 14.9 Å². The smallest absolute Gasteiger partial charge is 0.407 e. The van der Waals surface area contributed by atoms with Crippen molar-refractivity contribution in [1.29, 1.82) is 0 Å². The zero-order valence-electron chi connectivity index (χ0n) is 11.8. The van der Waals surface area contributed by atoms with Gasteiger partial charge in [0.05, 0.1) is 18.1 Å². The number of piperidine rings is 1. The second-order valence-electron chi connectivity index (χ2n) is 5.73. The first-order chi connectivity index (χ1) is 10.1. The lowest BCUT2D eigenvalue weighted by Crippen LogP contribution is -2.47. The molecular weight excluding hydrogens is 292 g/mol. The molecule has 3 rings (SSSR count). The predicted molar refractivity (Wildman–Crippen MR) is 78.2 cm³/mol. The van der Waals surface area contributed by atoms with Crippen molar-refractivity contribution in [3.63, 3.8) is 0 Å². The molecule has 21 heavy (non-hydrogen) atoms. The monoisotopic (exact) mass is 310 g/mol. The number of carboxylic acid groups (broad SMARTS) is 1. The van der Waals surface area contributed by atoms with Crippen LogP contribution in [0.2, 0.25) is 5.15 Å². The van der Waals surface area contributed by atoms with Crippen LogP contribution < -0.4 is 0 Å². The number of hydrogen-bond acceptors (Lipinski definition) is 4. The Morgan fingerprint density at radius 2 is 1.90 bits per heavy atom. The lowest BCUT2D eigenvalue weighted by atomic mass is 10.0. The maximum atomic E-state index is 11.0. The normalized spacial score (nSPS) is 20.0. The molecule has 1 aromatic heterocycles. The Morgan fingerprint density at radius 1 is 1.24 bits per heavy atom. The maximum Gasteiger partial charge on any atom is 0.407 e. The number of hydrogen-bond donors (Lipinski definition) is 1. The molecule has 0 bridgehead atoms. The van der Waals surface area contributed by atoms with Gasteiger partial charge in [-0.25, -0.2) is 9.78 Å². The zero-order valence-corrected chi connectivity index (χ0v) is 12.5. The summed E-state index contributed by atoms with van der Waals surface area (Å²) < 4.78 is 0. The van der Waals surface area contributed by atoms with Gasteiger partial charge in [0.1, 0.15) is 5.15 Å². The summed E-state index contributed by atoms with van der Waals surface area (Å²) in [4.78, 5) is 23.4. The molecule has 1 aliphatic heterocycles. The highest BCUT2D eigenvalue weighted by Gasteiger charge is 2.36. The third-order valence-corrected chi connectivity index (χ3v) is 4.43. The summed E-state index contributed by atoms with van der Waals surface area (Å²) in [6.07, 6.45) is 6.72. The molecule has 0 spiro atoms. The first-order valence-corrected chi connectivity index (χ1v) is 7.71. The summed E-state index contributed by atoms with van der Waals surface area (Å²) >= 11 is 5.77. The van der Waals surface area contributed by atoms with Crippen LogP contribution in [0.15, 0.2) is 12.4 Å². The highest BCUT2D eigenvalue weighted by molar-refractivity contribution is 6.29. The third-order valence-electron chi connectivity index (χ3n) is 4.24. The Kier molecular flexibility index (Phi) is 4.26. The molecule has 2 aliphatic rings. The Labute approximate surface area is 128 Å². The predicted octanol–water partition coefficient (Wildman–Crippen LogP) is 2.24. The Morgan fingerprint density at radius 3 is 2.43 bits per heavy atom. The maximum absolute atomic E-state index is 11.0. The van der Waals surface area contributed by atoms with Crippen LogP contribution in [0.1, 0.15) is 31.4 Å². The van der Waals surface area contributed by atoms with Crippen LogP contribution >= 0.6 is 11.6 Å². The molecule has 0 atom stereocenters. The SMILES string of the molecule is O=C(O)N1CCC(N(Cc2cnc(Cl)cn2)C2CC2)CC1. The number of halogens is 1. The van der Waals surface area contributed by atoms with E-state index in [-0.39, 0.29) is 0 Å². The van der Waals surface area contributed by atoms with E-state index in [1.807, 2.05) is 0 Å². The lowest BCUT2D eigenvalue weighted by Gasteiger charge is -2.37. The molecule has 2 heterocycles. The van der Waals surface area contributed by atoms with Gasteiger partial charge >= 0.3 is 6.09 Å². The number of rotatable bonds is 4. The fourth-order valence-electron chi connectivity index (χ4n) is 2.96. The first kappa shape index (κ1) is 14.5. The van der Waals surface area contributed by atoms with Crippen molar-refractivity contribution in [2.45, 2.75) is 44.3 Å². The van der Waals surface area contributed by atoms with Gasteiger partial charge in [0.2, 0.25) is 0 Å². The minimum atomic E-state index is -0.810. The summed E-state index contributed by atoms with van der Waals surface area (Å²) in [5.41, 5.74) is 0.923. The molecule has 1 saturated heterocycles. The largest absolute Gasteiger partial charge is 0.465 e. The Balaban J connectivity index is 1.63. The van der Waals surface area contributed by atoms with Crippen LogP contribution in [0, 0.1) is 0 Å². The molecule has 1 aliphatic carbocycles. The second-order valence-corrected chi connectivity index (χ2v) is 6.12. The number of carbonyl (C=O) groups is 1. The molecule has 0 aromatic carbocycles. The summed E-state index contributed by atoms with van der Waals surface area (Å²) in [6, 6.07) is 1.05. The van der Waals surface area contributed by atoms with Crippen molar-refractivity contribution in [3.8, 4) is 0 Å². The zero-order chi connectivity index (χ0) is 14.8. The average Bonchev–Trinajstić information content (AvgIpc) is 3.31. The standard InChI is InChI=1S/C14H19ClN4O2/c15-13-8-16-10(7-17-13)9-19(11-1-2-11)12-3-5-18(6-4-12)14(20)21/h7-8,11-12H,1-6,9H2,(H,20,21). The van der Waals surface area contributed by atoms with Gasteiger partial charge in [-0.3, -0.25) is 9.88 Å². The van der Waals surface area contributed by atoms with Gasteiger partial charge in [-0.1, -0.05) is 11.6 Å². The molecule has 114 valence electrons. The molecular formula is C14H19ClN4O2. The minimum Gasteiger partial charge on any atom is -0.465 e. The average molecular weight is 311 g/mol. The molecule has 1 N–H and O–H groups in total. The summed E-state index contributed by atoms with van der Waals surface area (Å²) in [6.45, 7) is 2.01. The van der Waals surface area contributed by atoms with Crippen LogP contribution in [0.25, 0.3) is 0 Å². The fraction of sp³-hybridized carbons (Fsp3) is 0.643. The number of nitrogens with zero attached hydrogens (tertiary/aromatic N) is 4. The second kappa shape index (κ2) is 6.15.